The molecule has 2 amide bonds. The van der Waals surface area contributed by atoms with Crippen LogP contribution in [0.3, 0.4) is 0 Å². The lowest BCUT2D eigenvalue weighted by molar-refractivity contribution is -0.144. The highest BCUT2D eigenvalue weighted by atomic mass is 16.7. The van der Waals surface area contributed by atoms with E-state index >= 15 is 0 Å². The summed E-state index contributed by atoms with van der Waals surface area (Å²) in [7, 11) is 0. The molecule has 0 saturated carbocycles. The van der Waals surface area contributed by atoms with Gasteiger partial charge in [-0.1, -0.05) is 29.8 Å². The van der Waals surface area contributed by atoms with Crippen LogP contribution in [0, 0.1) is 6.92 Å². The van der Waals surface area contributed by atoms with E-state index in [2.05, 4.69) is 5.48 Å². The normalized spacial score (nSPS) is 10.1. The molecule has 0 unspecified atom stereocenters. The van der Waals surface area contributed by atoms with Gasteiger partial charge < -0.3 is 4.90 Å². The average Bonchev–Trinajstić information content (AvgIpc) is 2.35. The number of carbonyl (C=O) groups excluding carboxylic acids is 2. The molecule has 1 aromatic carbocycles. The Bertz CT molecular complexity index is 446. The standard InChI is InChI=1S/C14H20N2O3/c1-4-16(14(18)10-19-15-12(3)17)9-13-7-5-6-11(2)8-13/h5-8H,4,9-10H2,1-3H3,(H,15,17). The van der Waals surface area contributed by atoms with Crippen molar-refractivity contribution in [2.75, 3.05) is 13.2 Å². The van der Waals surface area contributed by atoms with Crippen molar-refractivity contribution >= 4 is 11.8 Å². The van der Waals surface area contributed by atoms with Crippen LogP contribution < -0.4 is 5.48 Å². The number of nitrogens with one attached hydrogen (secondary N) is 1. The summed E-state index contributed by atoms with van der Waals surface area (Å²) >= 11 is 0. The molecular weight excluding hydrogens is 244 g/mol. The molecule has 0 spiro atoms. The van der Waals surface area contributed by atoms with Crippen molar-refractivity contribution in [1.82, 2.24) is 10.4 Å². The maximum Gasteiger partial charge on any atom is 0.251 e. The van der Waals surface area contributed by atoms with Crippen LogP contribution in [0.2, 0.25) is 0 Å². The summed E-state index contributed by atoms with van der Waals surface area (Å²) in [6.07, 6.45) is 0. The Kier molecular flexibility index (Phi) is 6.02. The predicted octanol–water partition coefficient (Wildman–Crippen LogP) is 1.41. The predicted molar refractivity (Wildman–Crippen MR) is 72.0 cm³/mol. The van der Waals surface area contributed by atoms with Gasteiger partial charge in [-0.25, -0.2) is 5.48 Å². The molecule has 0 aliphatic carbocycles. The second-order valence-corrected chi connectivity index (χ2v) is 4.34. The summed E-state index contributed by atoms with van der Waals surface area (Å²) < 4.78 is 0. The van der Waals surface area contributed by atoms with E-state index in [1.807, 2.05) is 38.1 Å². The Morgan fingerprint density at radius 3 is 2.68 bits per heavy atom. The molecule has 0 fully saturated rings. The molecule has 0 heterocycles. The third-order valence-electron chi connectivity index (χ3n) is 2.60. The van der Waals surface area contributed by atoms with Gasteiger partial charge in [0.2, 0.25) is 5.91 Å². The lowest BCUT2D eigenvalue weighted by Gasteiger charge is -2.21. The number of likely N-dealkylation sites (N-methyl/N-ethyl adjacent to an activating group) is 1. The zero-order valence-corrected chi connectivity index (χ0v) is 11.6. The van der Waals surface area contributed by atoms with Gasteiger partial charge in [-0.3, -0.25) is 14.4 Å². The molecule has 5 nitrogen and oxygen atoms in total. The summed E-state index contributed by atoms with van der Waals surface area (Å²) in [5.41, 5.74) is 4.38. The molecule has 1 aromatic rings. The molecule has 0 aliphatic heterocycles. The minimum Gasteiger partial charge on any atom is -0.337 e. The average molecular weight is 264 g/mol. The van der Waals surface area contributed by atoms with Crippen molar-refractivity contribution in [2.24, 2.45) is 0 Å². The zero-order valence-electron chi connectivity index (χ0n) is 11.6. The van der Waals surface area contributed by atoms with Gasteiger partial charge >= 0.3 is 0 Å². The van der Waals surface area contributed by atoms with Crippen molar-refractivity contribution in [3.8, 4) is 0 Å². The van der Waals surface area contributed by atoms with Crippen LogP contribution in [0.25, 0.3) is 0 Å². The first-order valence-corrected chi connectivity index (χ1v) is 6.24. The molecule has 0 bridgehead atoms. The fourth-order valence-corrected chi connectivity index (χ4v) is 1.70. The lowest BCUT2D eigenvalue weighted by Crippen LogP contribution is -2.35. The van der Waals surface area contributed by atoms with Gasteiger partial charge in [-0.05, 0) is 19.4 Å². The first kappa shape index (κ1) is 15.2. The van der Waals surface area contributed by atoms with Crippen molar-refractivity contribution in [2.45, 2.75) is 27.3 Å². The van der Waals surface area contributed by atoms with E-state index in [0.29, 0.717) is 13.1 Å². The van der Waals surface area contributed by atoms with Gasteiger partial charge in [0.15, 0.2) is 6.61 Å². The highest BCUT2D eigenvalue weighted by Gasteiger charge is 2.12. The molecule has 0 aromatic heterocycles. The molecule has 0 atom stereocenters. The first-order valence-electron chi connectivity index (χ1n) is 6.24. The molecule has 0 aliphatic rings. The maximum atomic E-state index is 11.9. The van der Waals surface area contributed by atoms with Gasteiger partial charge in [0.1, 0.15) is 0 Å². The van der Waals surface area contributed by atoms with Crippen LogP contribution >= 0.6 is 0 Å². The largest absolute Gasteiger partial charge is 0.337 e. The number of amides is 2. The quantitative estimate of drug-likeness (QED) is 0.790. The second kappa shape index (κ2) is 7.53. The lowest BCUT2D eigenvalue weighted by atomic mass is 10.1. The van der Waals surface area contributed by atoms with Gasteiger partial charge in [0.25, 0.3) is 5.91 Å². The summed E-state index contributed by atoms with van der Waals surface area (Å²) in [6.45, 7) is 6.23. The fourth-order valence-electron chi connectivity index (χ4n) is 1.70. The van der Waals surface area contributed by atoms with Crippen LogP contribution in [-0.4, -0.2) is 29.9 Å². The molecule has 104 valence electrons. The van der Waals surface area contributed by atoms with E-state index in [9.17, 15) is 9.59 Å². The topological polar surface area (TPSA) is 58.6 Å². The highest BCUT2D eigenvalue weighted by molar-refractivity contribution is 5.78. The number of nitrogens with zero attached hydrogens (tertiary/aromatic N) is 1. The number of hydrogen-bond donors (Lipinski definition) is 1. The summed E-state index contributed by atoms with van der Waals surface area (Å²) in [6, 6.07) is 8.01. The van der Waals surface area contributed by atoms with Gasteiger partial charge in [0.05, 0.1) is 0 Å². The Morgan fingerprint density at radius 1 is 1.37 bits per heavy atom. The van der Waals surface area contributed by atoms with Crippen LogP contribution in [0.4, 0.5) is 0 Å². The van der Waals surface area contributed by atoms with Gasteiger partial charge in [-0.2, -0.15) is 0 Å². The Morgan fingerprint density at radius 2 is 2.11 bits per heavy atom. The molecule has 19 heavy (non-hydrogen) atoms. The van der Waals surface area contributed by atoms with Crippen molar-refractivity contribution in [3.05, 3.63) is 35.4 Å². The third kappa shape index (κ3) is 5.52. The van der Waals surface area contributed by atoms with Crippen LogP contribution in [0.5, 0.6) is 0 Å². The van der Waals surface area contributed by atoms with E-state index < -0.39 is 0 Å². The summed E-state index contributed by atoms with van der Waals surface area (Å²) in [4.78, 5) is 29.0. The van der Waals surface area contributed by atoms with E-state index in [4.69, 9.17) is 4.84 Å². The maximum absolute atomic E-state index is 11.9. The SMILES string of the molecule is CCN(Cc1cccc(C)c1)C(=O)CONC(C)=O. The number of hydroxylamine groups is 1. The number of aryl methyl sites for hydroxylation is 1. The molecule has 0 saturated heterocycles. The number of benzene rings is 1. The summed E-state index contributed by atoms with van der Waals surface area (Å²) in [5.74, 6) is -0.479. The minimum absolute atomic E-state index is 0.154. The van der Waals surface area contributed by atoms with Gasteiger partial charge in [-0.15, -0.1) is 0 Å². The number of rotatable bonds is 6. The Hall–Kier alpha value is -1.88. The van der Waals surface area contributed by atoms with E-state index in [-0.39, 0.29) is 18.4 Å². The number of carbonyl (C=O) groups is 2. The Balaban J connectivity index is 2.52. The van der Waals surface area contributed by atoms with E-state index in [1.165, 1.54) is 6.92 Å². The van der Waals surface area contributed by atoms with Crippen molar-refractivity contribution < 1.29 is 14.4 Å². The van der Waals surface area contributed by atoms with Crippen molar-refractivity contribution in [1.29, 1.82) is 0 Å². The van der Waals surface area contributed by atoms with E-state index in [0.717, 1.165) is 11.1 Å². The summed E-state index contributed by atoms with van der Waals surface area (Å²) in [5, 5.41) is 0. The minimum atomic E-state index is -0.325. The number of hydrogen-bond acceptors (Lipinski definition) is 3. The second-order valence-electron chi connectivity index (χ2n) is 4.34. The van der Waals surface area contributed by atoms with E-state index in [1.54, 1.807) is 4.90 Å². The smallest absolute Gasteiger partial charge is 0.251 e. The molecule has 1 rings (SSSR count). The zero-order chi connectivity index (χ0) is 14.3. The monoisotopic (exact) mass is 264 g/mol. The van der Waals surface area contributed by atoms with Gasteiger partial charge in [0, 0.05) is 20.0 Å². The first-order chi connectivity index (χ1) is 9.02. The van der Waals surface area contributed by atoms with Crippen molar-refractivity contribution in [3.63, 3.8) is 0 Å². The van der Waals surface area contributed by atoms with Crippen LogP contribution in [-0.2, 0) is 21.0 Å². The third-order valence-corrected chi connectivity index (χ3v) is 2.60. The molecule has 5 heteroatoms. The molecule has 1 N–H and O–H groups in total. The fraction of sp³-hybridized carbons (Fsp3) is 0.429. The highest BCUT2D eigenvalue weighted by Crippen LogP contribution is 2.07. The Labute approximate surface area is 113 Å². The van der Waals surface area contributed by atoms with Crippen LogP contribution in [0.15, 0.2) is 24.3 Å². The molecular formula is C14H20N2O3. The van der Waals surface area contributed by atoms with Crippen LogP contribution in [0.1, 0.15) is 25.0 Å². The molecule has 0 radical (unpaired) electrons.